The Bertz CT molecular complexity index is 251. The highest BCUT2D eigenvalue weighted by atomic mass is 16.6. The fraction of sp³-hybridized carbons (Fsp3) is 0.818. The summed E-state index contributed by atoms with van der Waals surface area (Å²) >= 11 is 0. The number of esters is 1. The Morgan fingerprint density at radius 2 is 1.53 bits per heavy atom. The van der Waals surface area contributed by atoms with Crippen molar-refractivity contribution in [1.82, 2.24) is 0 Å². The van der Waals surface area contributed by atoms with Crippen molar-refractivity contribution in [2.45, 2.75) is 53.1 Å². The summed E-state index contributed by atoms with van der Waals surface area (Å²) in [6.45, 7) is 9.08. The van der Waals surface area contributed by atoms with Gasteiger partial charge in [-0.25, -0.2) is 0 Å². The number of rotatable bonds is 4. The van der Waals surface area contributed by atoms with Gasteiger partial charge in [-0.05, 0) is 26.2 Å². The molecule has 1 amide bonds. The molecule has 0 aromatic carbocycles. The van der Waals surface area contributed by atoms with Crippen molar-refractivity contribution in [3.63, 3.8) is 0 Å². The van der Waals surface area contributed by atoms with Crippen molar-refractivity contribution >= 4 is 11.9 Å². The molecule has 0 rings (SSSR count). The molecule has 0 saturated carbocycles. The molecule has 0 atom stereocenters. The Morgan fingerprint density at radius 3 is 1.87 bits per heavy atom. The van der Waals surface area contributed by atoms with E-state index in [0.717, 1.165) is 0 Å². The van der Waals surface area contributed by atoms with Crippen molar-refractivity contribution in [2.75, 3.05) is 0 Å². The molecule has 0 unspecified atom stereocenters. The lowest BCUT2D eigenvalue weighted by Gasteiger charge is -2.25. The van der Waals surface area contributed by atoms with E-state index < -0.39 is 16.9 Å². The zero-order chi connectivity index (χ0) is 12.3. The first-order valence-electron chi connectivity index (χ1n) is 5.02. The summed E-state index contributed by atoms with van der Waals surface area (Å²) < 4.78 is 5.16. The lowest BCUT2D eigenvalue weighted by Crippen LogP contribution is -2.30. The lowest BCUT2D eigenvalue weighted by atomic mass is 9.85. The van der Waals surface area contributed by atoms with Crippen LogP contribution >= 0.6 is 0 Å². The first-order chi connectivity index (χ1) is 6.52. The van der Waals surface area contributed by atoms with Crippen LogP contribution in [0.15, 0.2) is 0 Å². The summed E-state index contributed by atoms with van der Waals surface area (Å²) in [5, 5.41) is 0. The molecule has 0 aliphatic rings. The minimum Gasteiger partial charge on any atom is -0.460 e. The molecular formula is C11H21NO3. The third kappa shape index (κ3) is 7.97. The van der Waals surface area contributed by atoms with Crippen LogP contribution in [0.3, 0.4) is 0 Å². The summed E-state index contributed by atoms with van der Waals surface area (Å²) in [4.78, 5) is 22.2. The summed E-state index contributed by atoms with van der Waals surface area (Å²) in [6, 6.07) is 0. The van der Waals surface area contributed by atoms with Gasteiger partial charge in [-0.15, -0.1) is 0 Å². The Hall–Kier alpha value is -1.06. The van der Waals surface area contributed by atoms with E-state index in [-0.39, 0.29) is 18.8 Å². The molecule has 0 radical (unpaired) electrons. The van der Waals surface area contributed by atoms with Crippen molar-refractivity contribution < 1.29 is 14.3 Å². The maximum absolute atomic E-state index is 11.5. The molecule has 0 aromatic heterocycles. The molecule has 0 heterocycles. The van der Waals surface area contributed by atoms with Crippen LogP contribution in [0.5, 0.6) is 0 Å². The largest absolute Gasteiger partial charge is 0.460 e. The molecule has 0 fully saturated rings. The molecule has 0 aromatic rings. The molecule has 0 aliphatic heterocycles. The third-order valence-electron chi connectivity index (χ3n) is 1.70. The van der Waals surface area contributed by atoms with E-state index in [0.29, 0.717) is 0 Å². The first kappa shape index (κ1) is 13.9. The Balaban J connectivity index is 4.22. The third-order valence-corrected chi connectivity index (χ3v) is 1.70. The van der Waals surface area contributed by atoms with Gasteiger partial charge in [0.1, 0.15) is 5.60 Å². The van der Waals surface area contributed by atoms with Crippen molar-refractivity contribution in [2.24, 2.45) is 11.1 Å². The van der Waals surface area contributed by atoms with Gasteiger partial charge in [-0.2, -0.15) is 0 Å². The van der Waals surface area contributed by atoms with E-state index in [1.54, 1.807) is 0 Å². The fourth-order valence-corrected chi connectivity index (χ4v) is 1.30. The lowest BCUT2D eigenvalue weighted by molar-refractivity contribution is -0.157. The van der Waals surface area contributed by atoms with Crippen LogP contribution in [0.1, 0.15) is 47.5 Å². The minimum absolute atomic E-state index is 0.187. The quantitative estimate of drug-likeness (QED) is 0.724. The predicted octanol–water partition coefficient (Wildman–Crippen LogP) is 1.62. The molecule has 2 N–H and O–H groups in total. The van der Waals surface area contributed by atoms with E-state index >= 15 is 0 Å². The highest BCUT2D eigenvalue weighted by molar-refractivity contribution is 5.76. The number of carbonyl (C=O) groups is 2. The number of hydrogen-bond acceptors (Lipinski definition) is 3. The first-order valence-corrected chi connectivity index (χ1v) is 5.02. The maximum Gasteiger partial charge on any atom is 0.306 e. The van der Waals surface area contributed by atoms with Gasteiger partial charge in [0, 0.05) is 6.42 Å². The average molecular weight is 215 g/mol. The van der Waals surface area contributed by atoms with Gasteiger partial charge in [-0.3, -0.25) is 9.59 Å². The topological polar surface area (TPSA) is 69.4 Å². The van der Waals surface area contributed by atoms with E-state index in [1.165, 1.54) is 0 Å². The summed E-state index contributed by atoms with van der Waals surface area (Å²) in [5.74, 6) is -0.697. The number of carbonyl (C=O) groups excluding carboxylic acids is 2. The van der Waals surface area contributed by atoms with Gasteiger partial charge in [0.15, 0.2) is 0 Å². The molecule has 4 nitrogen and oxygen atoms in total. The SMILES string of the molecule is CC(C)(CC(N)=O)CC(=O)OC(C)(C)C. The van der Waals surface area contributed by atoms with Crippen LogP contribution in [0.25, 0.3) is 0 Å². The van der Waals surface area contributed by atoms with Crippen LogP contribution in [-0.4, -0.2) is 17.5 Å². The maximum atomic E-state index is 11.5. The molecule has 4 heteroatoms. The highest BCUT2D eigenvalue weighted by Gasteiger charge is 2.27. The van der Waals surface area contributed by atoms with E-state index in [1.807, 2.05) is 34.6 Å². The molecule has 88 valence electrons. The number of amides is 1. The zero-order valence-electron chi connectivity index (χ0n) is 10.2. The van der Waals surface area contributed by atoms with E-state index in [2.05, 4.69) is 0 Å². The number of hydrogen-bond donors (Lipinski definition) is 1. The van der Waals surface area contributed by atoms with Gasteiger partial charge in [0.2, 0.25) is 5.91 Å². The summed E-state index contributed by atoms with van der Waals surface area (Å²) in [5.41, 5.74) is 4.17. The number of primary amides is 1. The van der Waals surface area contributed by atoms with Gasteiger partial charge >= 0.3 is 5.97 Å². The molecule has 15 heavy (non-hydrogen) atoms. The standard InChI is InChI=1S/C11H21NO3/c1-10(2,3)15-9(14)7-11(4,5)6-8(12)13/h6-7H2,1-5H3,(H2,12,13). The van der Waals surface area contributed by atoms with E-state index in [9.17, 15) is 9.59 Å². The molecular weight excluding hydrogens is 194 g/mol. The fourth-order valence-electron chi connectivity index (χ4n) is 1.30. The second kappa shape index (κ2) is 4.64. The van der Waals surface area contributed by atoms with Gasteiger partial charge in [-0.1, -0.05) is 13.8 Å². The summed E-state index contributed by atoms with van der Waals surface area (Å²) in [7, 11) is 0. The van der Waals surface area contributed by atoms with Gasteiger partial charge < -0.3 is 10.5 Å². The Labute approximate surface area is 91.2 Å². The molecule has 0 aliphatic carbocycles. The summed E-state index contributed by atoms with van der Waals surface area (Å²) in [6.07, 6.45) is 0.388. The average Bonchev–Trinajstić information content (AvgIpc) is 1.73. The van der Waals surface area contributed by atoms with Gasteiger partial charge in [0.05, 0.1) is 6.42 Å². The minimum atomic E-state index is -0.486. The van der Waals surface area contributed by atoms with Crippen molar-refractivity contribution in [1.29, 1.82) is 0 Å². The van der Waals surface area contributed by atoms with Crippen LogP contribution in [0.2, 0.25) is 0 Å². The molecule has 0 saturated heterocycles. The smallest absolute Gasteiger partial charge is 0.306 e. The monoisotopic (exact) mass is 215 g/mol. The molecule has 0 spiro atoms. The van der Waals surface area contributed by atoms with Crippen LogP contribution in [-0.2, 0) is 14.3 Å². The van der Waals surface area contributed by atoms with E-state index in [4.69, 9.17) is 10.5 Å². The Morgan fingerprint density at radius 1 is 1.07 bits per heavy atom. The number of ether oxygens (including phenoxy) is 1. The van der Waals surface area contributed by atoms with Crippen LogP contribution in [0, 0.1) is 5.41 Å². The predicted molar refractivity (Wildman–Crippen MR) is 58.1 cm³/mol. The van der Waals surface area contributed by atoms with Crippen LogP contribution in [0.4, 0.5) is 0 Å². The van der Waals surface area contributed by atoms with Crippen molar-refractivity contribution in [3.8, 4) is 0 Å². The zero-order valence-corrected chi connectivity index (χ0v) is 10.2. The van der Waals surface area contributed by atoms with Crippen LogP contribution < -0.4 is 5.73 Å². The number of nitrogens with two attached hydrogens (primary N) is 1. The molecule has 0 bridgehead atoms. The van der Waals surface area contributed by atoms with Gasteiger partial charge in [0.25, 0.3) is 0 Å². The second-order valence-electron chi connectivity index (χ2n) is 5.57. The highest BCUT2D eigenvalue weighted by Crippen LogP contribution is 2.26. The normalized spacial score (nSPS) is 12.3. The Kier molecular flexibility index (Phi) is 4.31. The second-order valence-corrected chi connectivity index (χ2v) is 5.57. The van der Waals surface area contributed by atoms with Crippen molar-refractivity contribution in [3.05, 3.63) is 0 Å².